The normalized spacial score (nSPS) is 11.1. The van der Waals surface area contributed by atoms with E-state index in [9.17, 15) is 0 Å². The Morgan fingerprint density at radius 1 is 1.11 bits per heavy atom. The minimum atomic E-state index is 0. The van der Waals surface area contributed by atoms with Crippen LogP contribution in [0.4, 0.5) is 5.69 Å². The van der Waals surface area contributed by atoms with Crippen LogP contribution in [-0.2, 0) is 6.54 Å². The van der Waals surface area contributed by atoms with Gasteiger partial charge in [-0.3, -0.25) is 4.99 Å². The molecule has 0 aliphatic heterocycles. The lowest BCUT2D eigenvalue weighted by Gasteiger charge is -2.15. The van der Waals surface area contributed by atoms with Crippen molar-refractivity contribution in [2.24, 2.45) is 4.99 Å². The average molecular weight is 495 g/mol. The highest BCUT2D eigenvalue weighted by Gasteiger charge is 2.08. The summed E-state index contributed by atoms with van der Waals surface area (Å²) in [6.45, 7) is 3.53. The summed E-state index contributed by atoms with van der Waals surface area (Å²) >= 11 is 0. The van der Waals surface area contributed by atoms with Gasteiger partial charge in [0.1, 0.15) is 5.82 Å². The molecule has 0 spiro atoms. The first kappa shape index (κ1) is 21.8. The van der Waals surface area contributed by atoms with Crippen molar-refractivity contribution in [3.8, 4) is 11.5 Å². The zero-order valence-corrected chi connectivity index (χ0v) is 18.9. The SMILES string of the molecule is CN=C(NCCn1c(C)nc2ccccc21)Nc1ccc(OC)c(OC)c1.I. The van der Waals surface area contributed by atoms with Crippen molar-refractivity contribution < 1.29 is 9.47 Å². The number of benzene rings is 2. The predicted octanol–water partition coefficient (Wildman–Crippen LogP) is 3.67. The molecule has 0 atom stereocenters. The van der Waals surface area contributed by atoms with Gasteiger partial charge in [-0.25, -0.2) is 4.98 Å². The van der Waals surface area contributed by atoms with Crippen molar-refractivity contribution in [2.75, 3.05) is 33.1 Å². The molecular weight excluding hydrogens is 469 g/mol. The van der Waals surface area contributed by atoms with E-state index in [1.165, 1.54) is 0 Å². The lowest BCUT2D eigenvalue weighted by Crippen LogP contribution is -2.33. The number of hydrogen-bond acceptors (Lipinski definition) is 4. The molecule has 0 aliphatic carbocycles. The largest absolute Gasteiger partial charge is 0.493 e. The molecule has 0 unspecified atom stereocenters. The Morgan fingerprint density at radius 3 is 2.57 bits per heavy atom. The molecule has 0 radical (unpaired) electrons. The van der Waals surface area contributed by atoms with Gasteiger partial charge in [0.25, 0.3) is 0 Å². The van der Waals surface area contributed by atoms with Gasteiger partial charge in [-0.2, -0.15) is 0 Å². The van der Waals surface area contributed by atoms with Gasteiger partial charge in [0.15, 0.2) is 17.5 Å². The van der Waals surface area contributed by atoms with E-state index in [0.717, 1.165) is 29.1 Å². The number of imidazole rings is 1. The summed E-state index contributed by atoms with van der Waals surface area (Å²) in [6, 6.07) is 13.8. The van der Waals surface area contributed by atoms with E-state index < -0.39 is 0 Å². The van der Waals surface area contributed by atoms with E-state index in [1.807, 2.05) is 43.3 Å². The van der Waals surface area contributed by atoms with E-state index >= 15 is 0 Å². The van der Waals surface area contributed by atoms with Crippen LogP contribution in [-0.4, -0.2) is 43.3 Å². The molecule has 0 amide bonds. The lowest BCUT2D eigenvalue weighted by atomic mass is 10.3. The van der Waals surface area contributed by atoms with E-state index in [2.05, 4.69) is 31.2 Å². The van der Waals surface area contributed by atoms with Gasteiger partial charge in [0.2, 0.25) is 0 Å². The Bertz CT molecular complexity index is 955. The molecule has 7 nitrogen and oxygen atoms in total. The van der Waals surface area contributed by atoms with E-state index in [1.54, 1.807) is 21.3 Å². The van der Waals surface area contributed by atoms with Gasteiger partial charge >= 0.3 is 0 Å². The van der Waals surface area contributed by atoms with Crippen LogP contribution in [0.25, 0.3) is 11.0 Å². The lowest BCUT2D eigenvalue weighted by molar-refractivity contribution is 0.355. The molecule has 8 heteroatoms. The topological polar surface area (TPSA) is 72.7 Å². The van der Waals surface area contributed by atoms with Crippen molar-refractivity contribution in [3.63, 3.8) is 0 Å². The van der Waals surface area contributed by atoms with Crippen LogP contribution in [0.5, 0.6) is 11.5 Å². The van der Waals surface area contributed by atoms with Gasteiger partial charge in [-0.15, -0.1) is 24.0 Å². The highest BCUT2D eigenvalue weighted by Crippen LogP contribution is 2.29. The Kier molecular flexibility index (Phi) is 7.91. The first-order valence-electron chi connectivity index (χ1n) is 8.78. The number of anilines is 1. The number of aryl methyl sites for hydroxylation is 1. The number of aliphatic imine (C=N–C) groups is 1. The van der Waals surface area contributed by atoms with Crippen molar-refractivity contribution in [1.82, 2.24) is 14.9 Å². The zero-order chi connectivity index (χ0) is 19.2. The minimum absolute atomic E-state index is 0. The first-order chi connectivity index (χ1) is 13.2. The van der Waals surface area contributed by atoms with Crippen molar-refractivity contribution in [1.29, 1.82) is 0 Å². The number of guanidine groups is 1. The van der Waals surface area contributed by atoms with E-state index in [-0.39, 0.29) is 24.0 Å². The fourth-order valence-electron chi connectivity index (χ4n) is 2.99. The number of hydrogen-bond donors (Lipinski definition) is 2. The Balaban J connectivity index is 0.00000280. The second-order valence-electron chi connectivity index (χ2n) is 5.99. The number of fused-ring (bicyclic) bond motifs is 1. The molecule has 1 heterocycles. The summed E-state index contributed by atoms with van der Waals surface area (Å²) < 4.78 is 12.8. The maximum atomic E-state index is 5.34. The smallest absolute Gasteiger partial charge is 0.195 e. The summed E-state index contributed by atoms with van der Waals surface area (Å²) in [4.78, 5) is 8.88. The average Bonchev–Trinajstić information content (AvgIpc) is 3.02. The molecular formula is C20H26IN5O2. The molecule has 0 aliphatic rings. The first-order valence-corrected chi connectivity index (χ1v) is 8.78. The zero-order valence-electron chi connectivity index (χ0n) is 16.5. The fraction of sp³-hybridized carbons (Fsp3) is 0.300. The predicted molar refractivity (Wildman–Crippen MR) is 124 cm³/mol. The minimum Gasteiger partial charge on any atom is -0.493 e. The van der Waals surface area contributed by atoms with Crippen LogP contribution >= 0.6 is 24.0 Å². The number of nitrogens with one attached hydrogen (secondary N) is 2. The molecule has 3 rings (SSSR count). The quantitative estimate of drug-likeness (QED) is 0.310. The maximum absolute atomic E-state index is 5.34. The number of para-hydroxylation sites is 2. The Morgan fingerprint density at radius 2 is 1.86 bits per heavy atom. The fourth-order valence-corrected chi connectivity index (χ4v) is 2.99. The molecule has 1 aromatic heterocycles. The molecule has 150 valence electrons. The monoisotopic (exact) mass is 495 g/mol. The standard InChI is InChI=1S/C20H25N5O2.HI/c1-14-23-16-7-5-6-8-17(16)25(14)12-11-22-20(21-2)24-15-9-10-18(26-3)19(13-15)27-4;/h5-10,13H,11-12H2,1-4H3,(H2,21,22,24);1H. The van der Waals surface area contributed by atoms with Gasteiger partial charge in [-0.05, 0) is 31.2 Å². The number of rotatable bonds is 6. The van der Waals surface area contributed by atoms with Gasteiger partial charge in [-0.1, -0.05) is 12.1 Å². The van der Waals surface area contributed by atoms with Crippen molar-refractivity contribution in [2.45, 2.75) is 13.5 Å². The van der Waals surface area contributed by atoms with E-state index in [4.69, 9.17) is 9.47 Å². The van der Waals surface area contributed by atoms with Crippen LogP contribution in [0.3, 0.4) is 0 Å². The van der Waals surface area contributed by atoms with Crippen LogP contribution < -0.4 is 20.1 Å². The third-order valence-electron chi connectivity index (χ3n) is 4.34. The number of nitrogens with zero attached hydrogens (tertiary/aromatic N) is 3. The number of methoxy groups -OCH3 is 2. The highest BCUT2D eigenvalue weighted by molar-refractivity contribution is 14.0. The molecule has 3 aromatic rings. The highest BCUT2D eigenvalue weighted by atomic mass is 127. The van der Waals surface area contributed by atoms with Gasteiger partial charge < -0.3 is 24.7 Å². The third-order valence-corrected chi connectivity index (χ3v) is 4.34. The van der Waals surface area contributed by atoms with Crippen LogP contribution in [0.1, 0.15) is 5.82 Å². The van der Waals surface area contributed by atoms with E-state index in [0.29, 0.717) is 24.0 Å². The second kappa shape index (κ2) is 10.2. The third kappa shape index (κ3) is 4.86. The summed E-state index contributed by atoms with van der Waals surface area (Å²) in [5, 5.41) is 6.60. The number of ether oxygens (including phenoxy) is 2. The molecule has 2 N–H and O–H groups in total. The van der Waals surface area contributed by atoms with Crippen molar-refractivity contribution >= 4 is 46.7 Å². The molecule has 2 aromatic carbocycles. The summed E-state index contributed by atoms with van der Waals surface area (Å²) in [5.74, 6) is 3.04. The molecule has 0 fully saturated rings. The van der Waals surface area contributed by atoms with Crippen LogP contribution in [0.15, 0.2) is 47.5 Å². The molecule has 0 bridgehead atoms. The van der Waals surface area contributed by atoms with Gasteiger partial charge in [0.05, 0.1) is 25.3 Å². The summed E-state index contributed by atoms with van der Waals surface area (Å²) in [5.41, 5.74) is 3.02. The molecule has 0 saturated carbocycles. The van der Waals surface area contributed by atoms with Crippen LogP contribution in [0, 0.1) is 6.92 Å². The Hall–Kier alpha value is -2.49. The number of aromatic nitrogens is 2. The summed E-state index contributed by atoms with van der Waals surface area (Å²) in [6.07, 6.45) is 0. The Labute approximate surface area is 182 Å². The van der Waals surface area contributed by atoms with Gasteiger partial charge in [0, 0.05) is 31.9 Å². The second-order valence-corrected chi connectivity index (χ2v) is 5.99. The number of halogens is 1. The molecule has 28 heavy (non-hydrogen) atoms. The summed E-state index contributed by atoms with van der Waals surface area (Å²) in [7, 11) is 4.98. The van der Waals surface area contributed by atoms with Crippen LogP contribution in [0.2, 0.25) is 0 Å². The molecule has 0 saturated heterocycles. The maximum Gasteiger partial charge on any atom is 0.195 e. The van der Waals surface area contributed by atoms with Crippen molar-refractivity contribution in [3.05, 3.63) is 48.3 Å².